The third kappa shape index (κ3) is 2.47. The average Bonchev–Trinajstić information content (AvgIpc) is 3.14. The van der Waals surface area contributed by atoms with Gasteiger partial charge in [0.1, 0.15) is 5.69 Å². The summed E-state index contributed by atoms with van der Waals surface area (Å²) in [5, 5.41) is 6.89. The number of aromatic amines is 1. The molecule has 116 valence electrons. The number of amides is 2. The summed E-state index contributed by atoms with van der Waals surface area (Å²) in [6.45, 7) is 2.72. The van der Waals surface area contributed by atoms with Gasteiger partial charge in [-0.15, -0.1) is 0 Å². The third-order valence-electron chi connectivity index (χ3n) is 3.90. The van der Waals surface area contributed by atoms with E-state index in [0.29, 0.717) is 18.8 Å². The van der Waals surface area contributed by atoms with Gasteiger partial charge in [0.05, 0.1) is 31.0 Å². The largest absolute Gasteiger partial charge is 0.359 e. The van der Waals surface area contributed by atoms with Crippen LogP contribution >= 0.6 is 0 Å². The molecule has 22 heavy (non-hydrogen) atoms. The monoisotopic (exact) mass is 302 g/mol. The molecule has 1 atom stereocenters. The molecule has 2 N–H and O–H groups in total. The van der Waals surface area contributed by atoms with E-state index in [2.05, 4.69) is 20.4 Å². The Morgan fingerprint density at radius 2 is 2.32 bits per heavy atom. The van der Waals surface area contributed by atoms with E-state index in [4.69, 9.17) is 0 Å². The zero-order valence-corrected chi connectivity index (χ0v) is 12.5. The van der Waals surface area contributed by atoms with Gasteiger partial charge in [-0.1, -0.05) is 0 Å². The normalized spacial score (nSPS) is 17.2. The molecule has 2 amide bonds. The predicted molar refractivity (Wildman–Crippen MR) is 78.0 cm³/mol. The highest BCUT2D eigenvalue weighted by Crippen LogP contribution is 2.24. The van der Waals surface area contributed by atoms with E-state index in [-0.39, 0.29) is 24.3 Å². The topological polar surface area (TPSA) is 95.9 Å². The lowest BCUT2D eigenvalue weighted by Gasteiger charge is -2.33. The number of hydrogen-bond acceptors (Lipinski definition) is 4. The summed E-state index contributed by atoms with van der Waals surface area (Å²) < 4.78 is 1.83. The minimum Gasteiger partial charge on any atom is -0.359 e. The van der Waals surface area contributed by atoms with Crippen LogP contribution in [0.4, 0.5) is 0 Å². The molecule has 0 radical (unpaired) electrons. The van der Waals surface area contributed by atoms with Gasteiger partial charge in [-0.25, -0.2) is 4.98 Å². The summed E-state index contributed by atoms with van der Waals surface area (Å²) >= 11 is 0. The summed E-state index contributed by atoms with van der Waals surface area (Å²) in [5.41, 5.74) is 2.08. The Balaban J connectivity index is 1.85. The number of imidazole rings is 1. The van der Waals surface area contributed by atoms with Gasteiger partial charge in [0.15, 0.2) is 0 Å². The first-order chi connectivity index (χ1) is 10.6. The van der Waals surface area contributed by atoms with Gasteiger partial charge < -0.3 is 15.2 Å². The van der Waals surface area contributed by atoms with E-state index in [0.717, 1.165) is 11.4 Å². The molecule has 0 aliphatic carbocycles. The second-order valence-electron chi connectivity index (χ2n) is 5.36. The van der Waals surface area contributed by atoms with Crippen molar-refractivity contribution >= 4 is 11.8 Å². The molecule has 0 saturated heterocycles. The zero-order valence-electron chi connectivity index (χ0n) is 12.5. The van der Waals surface area contributed by atoms with Gasteiger partial charge in [-0.05, 0) is 13.0 Å². The summed E-state index contributed by atoms with van der Waals surface area (Å²) in [4.78, 5) is 33.0. The quantitative estimate of drug-likeness (QED) is 0.849. The van der Waals surface area contributed by atoms with Crippen molar-refractivity contribution in [2.24, 2.45) is 0 Å². The molecule has 8 heteroatoms. The van der Waals surface area contributed by atoms with Crippen LogP contribution in [0.15, 0.2) is 18.6 Å². The van der Waals surface area contributed by atoms with Gasteiger partial charge in [0.25, 0.3) is 5.91 Å². The van der Waals surface area contributed by atoms with E-state index in [1.54, 1.807) is 18.1 Å². The number of carbonyl (C=O) groups excluding carboxylic acids is 2. The number of aromatic nitrogens is 4. The van der Waals surface area contributed by atoms with E-state index < -0.39 is 0 Å². The SMILES string of the molecule is CNC(=O)C[C@H]1CN(C(=O)c2nc[nH]c2C)Cc2ccnn21. The Kier molecular flexibility index (Phi) is 3.66. The highest BCUT2D eigenvalue weighted by molar-refractivity contribution is 5.93. The lowest BCUT2D eigenvalue weighted by atomic mass is 10.1. The molecule has 8 nitrogen and oxygen atoms in total. The number of nitrogens with zero attached hydrogens (tertiary/aromatic N) is 4. The Bertz CT molecular complexity index is 704. The van der Waals surface area contributed by atoms with Crippen LogP contribution in [0.25, 0.3) is 0 Å². The number of H-pyrrole nitrogens is 1. The van der Waals surface area contributed by atoms with Crippen LogP contribution in [0.1, 0.15) is 34.3 Å². The Morgan fingerprint density at radius 3 is 3.00 bits per heavy atom. The molecule has 0 spiro atoms. The molecular weight excluding hydrogens is 284 g/mol. The minimum atomic E-state index is -0.165. The van der Waals surface area contributed by atoms with Crippen LogP contribution in [0.2, 0.25) is 0 Å². The first-order valence-electron chi connectivity index (χ1n) is 7.12. The molecule has 1 aliphatic rings. The summed E-state index contributed by atoms with van der Waals surface area (Å²) in [7, 11) is 1.60. The molecule has 0 saturated carbocycles. The average molecular weight is 302 g/mol. The molecule has 1 aliphatic heterocycles. The second kappa shape index (κ2) is 5.63. The molecule has 2 aromatic heterocycles. The molecule has 0 bridgehead atoms. The van der Waals surface area contributed by atoms with Crippen molar-refractivity contribution in [3.8, 4) is 0 Å². The van der Waals surface area contributed by atoms with Crippen molar-refractivity contribution in [2.45, 2.75) is 25.9 Å². The second-order valence-corrected chi connectivity index (χ2v) is 5.36. The lowest BCUT2D eigenvalue weighted by molar-refractivity contribution is -0.121. The number of aryl methyl sites for hydroxylation is 1. The standard InChI is InChI=1S/C14H18N6O2/c1-9-13(17-8-16-9)14(22)19-6-10-3-4-18-20(10)11(7-19)5-12(21)15-2/h3-4,8,11H,5-7H2,1-2H3,(H,15,21)(H,16,17)/t11-/m0/s1. The van der Waals surface area contributed by atoms with E-state index in [1.807, 2.05) is 17.7 Å². The fourth-order valence-corrected chi connectivity index (χ4v) is 2.73. The van der Waals surface area contributed by atoms with Gasteiger partial charge in [0, 0.05) is 25.5 Å². The molecule has 0 unspecified atom stereocenters. The summed E-state index contributed by atoms with van der Waals surface area (Å²) in [5.74, 6) is -0.204. The zero-order chi connectivity index (χ0) is 15.7. The number of fused-ring (bicyclic) bond motifs is 1. The molecule has 2 aromatic rings. The van der Waals surface area contributed by atoms with Crippen molar-refractivity contribution in [1.29, 1.82) is 0 Å². The van der Waals surface area contributed by atoms with Crippen LogP contribution in [-0.4, -0.2) is 50.1 Å². The van der Waals surface area contributed by atoms with Crippen molar-refractivity contribution in [3.05, 3.63) is 35.7 Å². The van der Waals surface area contributed by atoms with Gasteiger partial charge in [0.2, 0.25) is 5.91 Å². The Morgan fingerprint density at radius 1 is 1.50 bits per heavy atom. The van der Waals surface area contributed by atoms with E-state index in [1.165, 1.54) is 6.33 Å². The van der Waals surface area contributed by atoms with Crippen LogP contribution in [0, 0.1) is 6.92 Å². The van der Waals surface area contributed by atoms with Crippen LogP contribution < -0.4 is 5.32 Å². The van der Waals surface area contributed by atoms with Gasteiger partial charge in [-0.3, -0.25) is 14.3 Å². The molecule has 0 fully saturated rings. The maximum Gasteiger partial charge on any atom is 0.274 e. The number of hydrogen-bond donors (Lipinski definition) is 2. The maximum absolute atomic E-state index is 12.6. The minimum absolute atomic E-state index is 0.0725. The fourth-order valence-electron chi connectivity index (χ4n) is 2.73. The van der Waals surface area contributed by atoms with Crippen LogP contribution in [-0.2, 0) is 11.3 Å². The third-order valence-corrected chi connectivity index (χ3v) is 3.90. The van der Waals surface area contributed by atoms with Crippen molar-refractivity contribution in [1.82, 2.24) is 30.0 Å². The van der Waals surface area contributed by atoms with E-state index >= 15 is 0 Å². The maximum atomic E-state index is 12.6. The predicted octanol–water partition coefficient (Wildman–Crippen LogP) is 0.248. The Hall–Kier alpha value is -2.64. The molecule has 3 heterocycles. The molecular formula is C14H18N6O2. The highest BCUT2D eigenvalue weighted by Gasteiger charge is 2.31. The highest BCUT2D eigenvalue weighted by atomic mass is 16.2. The summed E-state index contributed by atoms with van der Waals surface area (Å²) in [6, 6.07) is 1.70. The van der Waals surface area contributed by atoms with Crippen LogP contribution in [0.3, 0.4) is 0 Å². The number of carbonyl (C=O) groups is 2. The lowest BCUT2D eigenvalue weighted by Crippen LogP contribution is -2.43. The first kappa shape index (κ1) is 14.3. The van der Waals surface area contributed by atoms with Gasteiger partial charge >= 0.3 is 0 Å². The smallest absolute Gasteiger partial charge is 0.274 e. The fraction of sp³-hybridized carbons (Fsp3) is 0.429. The number of nitrogens with one attached hydrogen (secondary N) is 2. The molecule has 3 rings (SSSR count). The summed E-state index contributed by atoms with van der Waals surface area (Å²) in [6.07, 6.45) is 3.49. The van der Waals surface area contributed by atoms with Crippen molar-refractivity contribution in [2.75, 3.05) is 13.6 Å². The van der Waals surface area contributed by atoms with Crippen LogP contribution in [0.5, 0.6) is 0 Å². The van der Waals surface area contributed by atoms with Crippen molar-refractivity contribution < 1.29 is 9.59 Å². The van der Waals surface area contributed by atoms with Crippen molar-refractivity contribution in [3.63, 3.8) is 0 Å². The Labute approximate surface area is 127 Å². The number of rotatable bonds is 3. The molecule has 0 aromatic carbocycles. The van der Waals surface area contributed by atoms with Gasteiger partial charge in [-0.2, -0.15) is 5.10 Å². The first-order valence-corrected chi connectivity index (χ1v) is 7.12. The van der Waals surface area contributed by atoms with E-state index in [9.17, 15) is 9.59 Å².